The highest BCUT2D eigenvalue weighted by Crippen LogP contribution is 2.31. The Morgan fingerprint density at radius 1 is 1.54 bits per heavy atom. The van der Waals surface area contributed by atoms with Gasteiger partial charge < -0.3 is 20.3 Å². The van der Waals surface area contributed by atoms with Crippen molar-refractivity contribution in [3.8, 4) is 0 Å². The van der Waals surface area contributed by atoms with Crippen LogP contribution in [-0.4, -0.2) is 70.4 Å². The summed E-state index contributed by atoms with van der Waals surface area (Å²) in [5.41, 5.74) is 7.03. The molecular weight excluding hydrogens is 328 g/mol. The monoisotopic (exact) mass is 350 g/mol. The van der Waals surface area contributed by atoms with Gasteiger partial charge >= 0.3 is 0 Å². The number of morpholine rings is 1. The zero-order valence-corrected chi connectivity index (χ0v) is 14.9. The third-order valence-corrected chi connectivity index (χ3v) is 4.64. The summed E-state index contributed by atoms with van der Waals surface area (Å²) in [7, 11) is 5.85. The molecule has 1 saturated heterocycles. The van der Waals surface area contributed by atoms with E-state index in [0.717, 1.165) is 5.56 Å². The van der Waals surface area contributed by atoms with Gasteiger partial charge in [0.05, 0.1) is 24.9 Å². The second-order valence-corrected chi connectivity index (χ2v) is 7.02. The molecule has 0 radical (unpaired) electrons. The molecule has 9 heteroatoms. The number of aryl methyl sites for hydroxylation is 1. The van der Waals surface area contributed by atoms with Crippen LogP contribution in [0.15, 0.2) is 17.8 Å². The van der Waals surface area contributed by atoms with Gasteiger partial charge in [0.2, 0.25) is 0 Å². The maximum atomic E-state index is 13.0. The van der Waals surface area contributed by atoms with E-state index in [9.17, 15) is 4.79 Å². The molecule has 8 nitrogen and oxygen atoms in total. The van der Waals surface area contributed by atoms with Gasteiger partial charge in [-0.15, -0.1) is 11.3 Å². The lowest BCUT2D eigenvalue weighted by Gasteiger charge is -2.41. The minimum atomic E-state index is -0.203. The predicted molar refractivity (Wildman–Crippen MR) is 91.8 cm³/mol. The predicted octanol–water partition coefficient (Wildman–Crippen LogP) is 0.603. The Balaban J connectivity index is 1.93. The van der Waals surface area contributed by atoms with Gasteiger partial charge in [-0.2, -0.15) is 5.10 Å². The van der Waals surface area contributed by atoms with Crippen molar-refractivity contribution in [2.45, 2.75) is 12.1 Å². The normalized spacial score (nSPS) is 21.4. The summed E-state index contributed by atoms with van der Waals surface area (Å²) in [6, 6.07) is -0.203. The number of ether oxygens (including phenoxy) is 1. The molecule has 1 aliphatic rings. The van der Waals surface area contributed by atoms with Gasteiger partial charge in [0.25, 0.3) is 5.91 Å². The number of amides is 1. The highest BCUT2D eigenvalue weighted by atomic mass is 32.1. The van der Waals surface area contributed by atoms with Crippen LogP contribution in [0.1, 0.15) is 22.1 Å². The quantitative estimate of drug-likeness (QED) is 0.869. The standard InChI is InChI=1S/C15H22N6O2S/c1-19(2)8-12-13(10-6-17-20(3)7-10)21(4-5-23-12)14(22)11-9-24-15(16)18-11/h6-7,9,12-13H,4-5,8H2,1-3H3,(H2,16,18)/t12-,13-/m0/s1. The second-order valence-electron chi connectivity index (χ2n) is 6.13. The molecule has 0 spiro atoms. The van der Waals surface area contributed by atoms with E-state index in [0.29, 0.717) is 30.5 Å². The number of carbonyl (C=O) groups is 1. The van der Waals surface area contributed by atoms with Gasteiger partial charge in [0, 0.05) is 37.3 Å². The molecule has 24 heavy (non-hydrogen) atoms. The molecule has 0 aromatic carbocycles. The molecule has 3 heterocycles. The third kappa shape index (κ3) is 3.42. The largest absolute Gasteiger partial charge is 0.375 e. The smallest absolute Gasteiger partial charge is 0.274 e. The Morgan fingerprint density at radius 2 is 2.33 bits per heavy atom. The molecule has 1 aliphatic heterocycles. The summed E-state index contributed by atoms with van der Waals surface area (Å²) >= 11 is 1.27. The summed E-state index contributed by atoms with van der Waals surface area (Å²) in [6.45, 7) is 1.73. The number of carbonyl (C=O) groups excluding carboxylic acids is 1. The number of likely N-dealkylation sites (N-methyl/N-ethyl adjacent to an activating group) is 1. The molecule has 2 aromatic rings. The molecule has 0 saturated carbocycles. The molecular formula is C15H22N6O2S. The molecule has 3 rings (SSSR count). The number of rotatable bonds is 4. The Labute approximate surface area is 144 Å². The number of hydrogen-bond acceptors (Lipinski definition) is 7. The third-order valence-electron chi connectivity index (χ3n) is 3.97. The molecule has 2 aromatic heterocycles. The highest BCUT2D eigenvalue weighted by Gasteiger charge is 2.38. The fraction of sp³-hybridized carbons (Fsp3) is 0.533. The van der Waals surface area contributed by atoms with Gasteiger partial charge in [0.15, 0.2) is 5.13 Å². The van der Waals surface area contributed by atoms with Crippen molar-refractivity contribution in [3.63, 3.8) is 0 Å². The Morgan fingerprint density at radius 3 is 2.92 bits per heavy atom. The second kappa shape index (κ2) is 6.88. The van der Waals surface area contributed by atoms with Crippen molar-refractivity contribution >= 4 is 22.4 Å². The molecule has 0 aliphatic carbocycles. The number of thiazole rings is 1. The first-order valence-electron chi connectivity index (χ1n) is 7.72. The van der Waals surface area contributed by atoms with Crippen LogP contribution in [0.3, 0.4) is 0 Å². The van der Waals surface area contributed by atoms with E-state index in [1.165, 1.54) is 11.3 Å². The van der Waals surface area contributed by atoms with Crippen LogP contribution < -0.4 is 5.73 Å². The van der Waals surface area contributed by atoms with Crippen molar-refractivity contribution in [1.82, 2.24) is 24.6 Å². The molecule has 0 bridgehead atoms. The Hall–Kier alpha value is -1.97. The van der Waals surface area contributed by atoms with Gasteiger partial charge in [-0.05, 0) is 14.1 Å². The average molecular weight is 350 g/mol. The fourth-order valence-corrected chi connectivity index (χ4v) is 3.53. The highest BCUT2D eigenvalue weighted by molar-refractivity contribution is 7.13. The van der Waals surface area contributed by atoms with Gasteiger partial charge in [0.1, 0.15) is 5.69 Å². The van der Waals surface area contributed by atoms with Crippen molar-refractivity contribution in [3.05, 3.63) is 29.0 Å². The van der Waals surface area contributed by atoms with Crippen LogP contribution in [-0.2, 0) is 11.8 Å². The van der Waals surface area contributed by atoms with Crippen LogP contribution in [0.5, 0.6) is 0 Å². The van der Waals surface area contributed by atoms with E-state index in [1.54, 1.807) is 16.3 Å². The van der Waals surface area contributed by atoms with Crippen LogP contribution >= 0.6 is 11.3 Å². The first kappa shape index (κ1) is 16.9. The van der Waals surface area contributed by atoms with Crippen LogP contribution in [0, 0.1) is 0 Å². The van der Waals surface area contributed by atoms with E-state index < -0.39 is 0 Å². The zero-order chi connectivity index (χ0) is 17.3. The Bertz CT molecular complexity index is 712. The fourth-order valence-electron chi connectivity index (χ4n) is 2.99. The van der Waals surface area contributed by atoms with Gasteiger partial charge in [-0.1, -0.05) is 0 Å². The van der Waals surface area contributed by atoms with Crippen molar-refractivity contribution in [2.24, 2.45) is 7.05 Å². The number of nitrogens with zero attached hydrogens (tertiary/aromatic N) is 5. The molecule has 130 valence electrons. The van der Waals surface area contributed by atoms with Gasteiger partial charge in [-0.25, -0.2) is 4.98 Å². The molecule has 0 unspecified atom stereocenters. The first-order valence-corrected chi connectivity index (χ1v) is 8.60. The lowest BCUT2D eigenvalue weighted by Crippen LogP contribution is -2.51. The summed E-state index contributed by atoms with van der Waals surface area (Å²) < 4.78 is 7.71. The lowest BCUT2D eigenvalue weighted by molar-refractivity contribution is -0.0686. The summed E-state index contributed by atoms with van der Waals surface area (Å²) in [5, 5.41) is 6.35. The van der Waals surface area contributed by atoms with Crippen LogP contribution in [0.4, 0.5) is 5.13 Å². The van der Waals surface area contributed by atoms with Crippen molar-refractivity contribution < 1.29 is 9.53 Å². The summed E-state index contributed by atoms with van der Waals surface area (Å²) in [4.78, 5) is 21.0. The first-order chi connectivity index (χ1) is 11.5. The van der Waals surface area contributed by atoms with E-state index in [-0.39, 0.29) is 18.1 Å². The van der Waals surface area contributed by atoms with E-state index in [1.807, 2.05) is 32.2 Å². The van der Waals surface area contributed by atoms with E-state index in [4.69, 9.17) is 10.5 Å². The van der Waals surface area contributed by atoms with E-state index >= 15 is 0 Å². The van der Waals surface area contributed by atoms with Crippen molar-refractivity contribution in [2.75, 3.05) is 39.5 Å². The molecule has 2 atom stereocenters. The molecule has 1 fully saturated rings. The zero-order valence-electron chi connectivity index (χ0n) is 14.0. The minimum Gasteiger partial charge on any atom is -0.375 e. The molecule has 1 amide bonds. The summed E-state index contributed by atoms with van der Waals surface area (Å²) in [6.07, 6.45) is 3.59. The number of nitrogen functional groups attached to an aromatic ring is 1. The lowest BCUT2D eigenvalue weighted by atomic mass is 10.00. The molecule has 2 N–H and O–H groups in total. The maximum absolute atomic E-state index is 13.0. The van der Waals surface area contributed by atoms with Crippen molar-refractivity contribution in [1.29, 1.82) is 0 Å². The summed E-state index contributed by atoms with van der Waals surface area (Å²) in [5.74, 6) is -0.121. The minimum absolute atomic E-state index is 0.121. The SMILES string of the molecule is CN(C)C[C@@H]1OCCN(C(=O)c2csc(N)n2)[C@H]1c1cnn(C)c1. The number of hydrogen-bond donors (Lipinski definition) is 1. The van der Waals surface area contributed by atoms with Gasteiger partial charge in [-0.3, -0.25) is 9.48 Å². The number of aromatic nitrogens is 3. The number of nitrogens with two attached hydrogens (primary N) is 1. The Kier molecular flexibility index (Phi) is 4.83. The topological polar surface area (TPSA) is 89.5 Å². The van der Waals surface area contributed by atoms with E-state index in [2.05, 4.69) is 15.0 Å². The maximum Gasteiger partial charge on any atom is 0.274 e. The average Bonchev–Trinajstić information content (AvgIpc) is 3.14. The van der Waals surface area contributed by atoms with Crippen LogP contribution in [0.25, 0.3) is 0 Å². The van der Waals surface area contributed by atoms with Crippen LogP contribution in [0.2, 0.25) is 0 Å². The number of anilines is 1.